The molecule has 9 heteroatoms. The molecule has 0 radical (unpaired) electrons. The maximum absolute atomic E-state index is 12.5. The molecule has 0 heterocycles. The van der Waals surface area contributed by atoms with Gasteiger partial charge in [-0.15, -0.1) is 0 Å². The van der Waals surface area contributed by atoms with E-state index in [2.05, 4.69) is 15.4 Å². The van der Waals surface area contributed by atoms with Crippen molar-refractivity contribution in [2.24, 2.45) is 0 Å². The van der Waals surface area contributed by atoms with Gasteiger partial charge in [0.25, 0.3) is 5.91 Å². The van der Waals surface area contributed by atoms with Crippen molar-refractivity contribution < 1.29 is 17.9 Å². The Morgan fingerprint density at radius 1 is 0.935 bits per heavy atom. The van der Waals surface area contributed by atoms with Gasteiger partial charge in [0, 0.05) is 12.2 Å². The van der Waals surface area contributed by atoms with Crippen LogP contribution in [0.2, 0.25) is 0 Å². The second-order valence-electron chi connectivity index (χ2n) is 6.44. The number of methoxy groups -OCH3 is 1. The predicted octanol–water partition coefficient (Wildman–Crippen LogP) is 3.30. The van der Waals surface area contributed by atoms with Crippen LogP contribution >= 0.6 is 12.2 Å². The van der Waals surface area contributed by atoms with Gasteiger partial charge in [0.15, 0.2) is 5.11 Å². The van der Waals surface area contributed by atoms with Gasteiger partial charge in [-0.25, -0.2) is 13.1 Å². The van der Waals surface area contributed by atoms with Crippen LogP contribution in [0, 0.1) is 0 Å². The summed E-state index contributed by atoms with van der Waals surface area (Å²) in [5.41, 5.74) is 1.74. The fourth-order valence-electron chi connectivity index (χ4n) is 2.74. The Kier molecular flexibility index (Phi) is 7.35. The zero-order chi connectivity index (χ0) is 22.3. The summed E-state index contributed by atoms with van der Waals surface area (Å²) in [6.45, 7) is 0.197. The van der Waals surface area contributed by atoms with E-state index in [1.807, 2.05) is 30.3 Å². The second kappa shape index (κ2) is 10.2. The number of rotatable bonds is 7. The lowest BCUT2D eigenvalue weighted by molar-refractivity contribution is 0.0974. The molecular weight excluding hydrogens is 434 g/mol. The molecule has 0 aliphatic rings. The third kappa shape index (κ3) is 6.11. The van der Waals surface area contributed by atoms with Gasteiger partial charge in [0.1, 0.15) is 5.75 Å². The van der Waals surface area contributed by atoms with Gasteiger partial charge < -0.3 is 10.1 Å². The van der Waals surface area contributed by atoms with Crippen LogP contribution in [0.4, 0.5) is 5.69 Å². The number of anilines is 1. The van der Waals surface area contributed by atoms with Gasteiger partial charge >= 0.3 is 0 Å². The maximum Gasteiger partial charge on any atom is 0.261 e. The molecule has 0 aliphatic carbocycles. The van der Waals surface area contributed by atoms with E-state index in [-0.39, 0.29) is 16.6 Å². The van der Waals surface area contributed by atoms with Crippen molar-refractivity contribution in [2.45, 2.75) is 11.4 Å². The number of benzene rings is 3. The minimum absolute atomic E-state index is 0.0775. The summed E-state index contributed by atoms with van der Waals surface area (Å²) in [6.07, 6.45) is 0. The standard InChI is InChI=1S/C22H21N3O4S2/c1-29-20-10-6-5-9-19(20)21(26)25-22(30)24-17-11-13-18(14-12-17)31(27,28)23-15-16-7-3-2-4-8-16/h2-14,23H,15H2,1H3,(H2,24,25,26,30). The Morgan fingerprint density at radius 2 is 1.58 bits per heavy atom. The lowest BCUT2D eigenvalue weighted by atomic mass is 10.2. The van der Waals surface area contributed by atoms with Gasteiger partial charge in [-0.3, -0.25) is 10.1 Å². The first-order valence-electron chi connectivity index (χ1n) is 9.28. The molecule has 3 rings (SSSR count). The molecule has 0 aliphatic heterocycles. The van der Waals surface area contributed by atoms with Crippen molar-refractivity contribution in [1.82, 2.24) is 10.0 Å². The minimum Gasteiger partial charge on any atom is -0.496 e. The number of carbonyl (C=O) groups is 1. The highest BCUT2D eigenvalue weighted by Gasteiger charge is 2.15. The average molecular weight is 456 g/mol. The largest absolute Gasteiger partial charge is 0.496 e. The van der Waals surface area contributed by atoms with Crippen LogP contribution in [0.5, 0.6) is 5.75 Å². The molecule has 3 N–H and O–H groups in total. The fourth-order valence-corrected chi connectivity index (χ4v) is 3.97. The first kappa shape index (κ1) is 22.4. The van der Waals surface area contributed by atoms with Gasteiger partial charge in [-0.2, -0.15) is 0 Å². The lowest BCUT2D eigenvalue weighted by Gasteiger charge is -2.12. The first-order valence-corrected chi connectivity index (χ1v) is 11.2. The number of ether oxygens (including phenoxy) is 1. The van der Waals surface area contributed by atoms with Crippen LogP contribution in [0.1, 0.15) is 15.9 Å². The van der Waals surface area contributed by atoms with E-state index in [1.165, 1.54) is 19.2 Å². The summed E-state index contributed by atoms with van der Waals surface area (Å²) in [5, 5.41) is 5.51. The number of sulfonamides is 1. The third-order valence-corrected chi connectivity index (χ3v) is 5.93. The van der Waals surface area contributed by atoms with E-state index >= 15 is 0 Å². The molecule has 1 amide bonds. The number of para-hydroxylation sites is 1. The Morgan fingerprint density at radius 3 is 2.26 bits per heavy atom. The number of amides is 1. The highest BCUT2D eigenvalue weighted by atomic mass is 32.2. The summed E-state index contributed by atoms with van der Waals surface area (Å²) in [7, 11) is -2.18. The molecule has 3 aromatic rings. The number of hydrogen-bond acceptors (Lipinski definition) is 5. The van der Waals surface area contributed by atoms with E-state index in [1.54, 1.807) is 36.4 Å². The molecule has 0 spiro atoms. The van der Waals surface area contributed by atoms with E-state index in [0.29, 0.717) is 17.0 Å². The van der Waals surface area contributed by atoms with Crippen molar-refractivity contribution in [3.05, 3.63) is 90.0 Å². The van der Waals surface area contributed by atoms with Crippen molar-refractivity contribution in [1.29, 1.82) is 0 Å². The van der Waals surface area contributed by atoms with Crippen LogP contribution in [0.25, 0.3) is 0 Å². The molecular formula is C22H21N3O4S2. The molecule has 3 aromatic carbocycles. The van der Waals surface area contributed by atoms with Crippen molar-refractivity contribution >= 4 is 38.9 Å². The SMILES string of the molecule is COc1ccccc1C(=O)NC(=S)Nc1ccc(S(=O)(=O)NCc2ccccc2)cc1. The summed E-state index contributed by atoms with van der Waals surface area (Å²) in [6, 6.07) is 22.1. The lowest BCUT2D eigenvalue weighted by Crippen LogP contribution is -2.34. The van der Waals surface area contributed by atoms with E-state index in [0.717, 1.165) is 5.56 Å². The molecule has 0 fully saturated rings. The molecule has 0 aromatic heterocycles. The second-order valence-corrected chi connectivity index (χ2v) is 8.62. The zero-order valence-corrected chi connectivity index (χ0v) is 18.3. The molecule has 7 nitrogen and oxygen atoms in total. The van der Waals surface area contributed by atoms with Gasteiger partial charge in [0.2, 0.25) is 10.0 Å². The highest BCUT2D eigenvalue weighted by molar-refractivity contribution is 7.89. The maximum atomic E-state index is 12.5. The van der Waals surface area contributed by atoms with E-state index in [4.69, 9.17) is 17.0 Å². The Bertz CT molecular complexity index is 1160. The van der Waals surface area contributed by atoms with Crippen LogP contribution < -0.4 is 20.1 Å². The van der Waals surface area contributed by atoms with E-state index in [9.17, 15) is 13.2 Å². The molecule has 0 saturated heterocycles. The van der Waals surface area contributed by atoms with Crippen molar-refractivity contribution in [3.8, 4) is 5.75 Å². The van der Waals surface area contributed by atoms with Crippen LogP contribution in [0.3, 0.4) is 0 Å². The summed E-state index contributed by atoms with van der Waals surface area (Å²) in [4.78, 5) is 12.5. The van der Waals surface area contributed by atoms with Crippen LogP contribution in [-0.2, 0) is 16.6 Å². The van der Waals surface area contributed by atoms with Gasteiger partial charge in [-0.1, -0.05) is 42.5 Å². The van der Waals surface area contributed by atoms with Gasteiger partial charge in [0.05, 0.1) is 17.6 Å². The van der Waals surface area contributed by atoms with Crippen LogP contribution in [-0.4, -0.2) is 26.5 Å². The van der Waals surface area contributed by atoms with Crippen molar-refractivity contribution in [2.75, 3.05) is 12.4 Å². The predicted molar refractivity (Wildman–Crippen MR) is 124 cm³/mol. The Balaban J connectivity index is 1.59. The topological polar surface area (TPSA) is 96.5 Å². The molecule has 0 bridgehead atoms. The molecule has 0 atom stereocenters. The Hall–Kier alpha value is -3.27. The third-order valence-electron chi connectivity index (χ3n) is 4.31. The normalized spacial score (nSPS) is 10.9. The molecule has 31 heavy (non-hydrogen) atoms. The number of thiocarbonyl (C=S) groups is 1. The summed E-state index contributed by atoms with van der Waals surface area (Å²) in [5.74, 6) is 0.0135. The zero-order valence-electron chi connectivity index (χ0n) is 16.7. The fraction of sp³-hybridized carbons (Fsp3) is 0.0909. The summed E-state index contributed by atoms with van der Waals surface area (Å²) >= 11 is 5.18. The summed E-state index contributed by atoms with van der Waals surface area (Å²) < 4.78 is 32.7. The van der Waals surface area contributed by atoms with Crippen LogP contribution in [0.15, 0.2) is 83.8 Å². The molecule has 160 valence electrons. The average Bonchev–Trinajstić information content (AvgIpc) is 2.78. The molecule has 0 unspecified atom stereocenters. The smallest absolute Gasteiger partial charge is 0.261 e. The quantitative estimate of drug-likeness (QED) is 0.473. The monoisotopic (exact) mass is 455 g/mol. The molecule has 0 saturated carbocycles. The van der Waals surface area contributed by atoms with Crippen molar-refractivity contribution in [3.63, 3.8) is 0 Å². The number of hydrogen-bond donors (Lipinski definition) is 3. The number of nitrogens with one attached hydrogen (secondary N) is 3. The number of carbonyl (C=O) groups excluding carboxylic acids is 1. The van der Waals surface area contributed by atoms with E-state index < -0.39 is 15.9 Å². The first-order chi connectivity index (χ1) is 14.9. The van der Waals surface area contributed by atoms with Gasteiger partial charge in [-0.05, 0) is 54.2 Å². The highest BCUT2D eigenvalue weighted by Crippen LogP contribution is 2.17. The Labute approximate surface area is 186 Å². The minimum atomic E-state index is -3.66.